The molecule has 6 nitrogen and oxygen atoms in total. The summed E-state index contributed by atoms with van der Waals surface area (Å²) in [5, 5.41) is 10.2. The smallest absolute Gasteiger partial charge is 0.265 e. The maximum absolute atomic E-state index is 15.7. The Morgan fingerprint density at radius 1 is 1.16 bits per heavy atom. The second-order valence-electron chi connectivity index (χ2n) is 8.16. The van der Waals surface area contributed by atoms with Crippen molar-refractivity contribution in [1.82, 2.24) is 4.98 Å². The van der Waals surface area contributed by atoms with E-state index in [1.165, 1.54) is 30.3 Å². The van der Waals surface area contributed by atoms with Crippen molar-refractivity contribution in [2.45, 2.75) is 12.8 Å². The van der Waals surface area contributed by atoms with E-state index in [0.717, 1.165) is 12.2 Å². The summed E-state index contributed by atoms with van der Waals surface area (Å²) in [4.78, 5) is 15.3. The molecule has 0 aliphatic rings. The first-order chi connectivity index (χ1) is 17.8. The molecule has 0 fully saturated rings. The van der Waals surface area contributed by atoms with E-state index in [2.05, 4.69) is 4.98 Å². The number of carbonyl (C=O) groups is 1. The molecule has 0 aliphatic carbocycles. The summed E-state index contributed by atoms with van der Waals surface area (Å²) in [5.41, 5.74) is 7.51. The number of nitrogens with one attached hydrogen (secondary N) is 1. The maximum atomic E-state index is 15.7. The number of thioether (sulfide) groups is 1. The SMILES string of the molecule is CSCCCOc1ccc2[nH]c(C(N)=O)c(Cc3ccc(Cl)c(Oc4cc(Cl)cc(C#N)c4)c3F)c2c1. The van der Waals surface area contributed by atoms with Gasteiger partial charge in [-0.3, -0.25) is 4.79 Å². The third kappa shape index (κ3) is 6.13. The molecule has 0 radical (unpaired) electrons. The summed E-state index contributed by atoms with van der Waals surface area (Å²) in [5.74, 6) is 0.192. The lowest BCUT2D eigenvalue weighted by atomic mass is 10.0. The van der Waals surface area contributed by atoms with E-state index in [4.69, 9.17) is 38.4 Å². The number of aromatic nitrogens is 1. The van der Waals surface area contributed by atoms with Crippen molar-refractivity contribution >= 4 is 51.8 Å². The molecule has 37 heavy (non-hydrogen) atoms. The van der Waals surface area contributed by atoms with Crippen LogP contribution in [0.5, 0.6) is 17.2 Å². The van der Waals surface area contributed by atoms with Crippen molar-refractivity contribution in [1.29, 1.82) is 5.26 Å². The van der Waals surface area contributed by atoms with Crippen molar-refractivity contribution in [3.05, 3.63) is 86.8 Å². The van der Waals surface area contributed by atoms with Gasteiger partial charge in [0.1, 0.15) is 17.2 Å². The molecule has 190 valence electrons. The number of nitrogens with two attached hydrogens (primary N) is 1. The van der Waals surface area contributed by atoms with Gasteiger partial charge in [0.25, 0.3) is 5.91 Å². The molecule has 0 spiro atoms. The molecule has 1 aromatic heterocycles. The van der Waals surface area contributed by atoms with Crippen LogP contribution in [0.3, 0.4) is 0 Å². The number of fused-ring (bicyclic) bond motifs is 1. The Morgan fingerprint density at radius 2 is 1.97 bits per heavy atom. The number of ether oxygens (including phenoxy) is 2. The molecule has 4 aromatic rings. The summed E-state index contributed by atoms with van der Waals surface area (Å²) < 4.78 is 27.2. The number of halogens is 3. The predicted molar refractivity (Wildman–Crippen MR) is 146 cm³/mol. The topological polar surface area (TPSA) is 101 Å². The van der Waals surface area contributed by atoms with Crippen LogP contribution in [0.4, 0.5) is 4.39 Å². The molecule has 10 heteroatoms. The molecule has 3 N–H and O–H groups in total. The number of carbonyl (C=O) groups excluding carboxylic acids is 1. The molecule has 0 saturated carbocycles. The van der Waals surface area contributed by atoms with E-state index in [-0.39, 0.29) is 44.8 Å². The number of H-pyrrole nitrogens is 1. The fraction of sp³-hybridized carbons (Fsp3) is 0.185. The van der Waals surface area contributed by atoms with E-state index in [1.54, 1.807) is 17.8 Å². The highest BCUT2D eigenvalue weighted by molar-refractivity contribution is 7.98. The summed E-state index contributed by atoms with van der Waals surface area (Å²) in [6, 6.07) is 14.8. The van der Waals surface area contributed by atoms with Crippen molar-refractivity contribution < 1.29 is 18.7 Å². The first-order valence-electron chi connectivity index (χ1n) is 11.2. The van der Waals surface area contributed by atoms with Crippen LogP contribution in [-0.4, -0.2) is 29.5 Å². The predicted octanol–water partition coefficient (Wildman–Crippen LogP) is 7.10. The van der Waals surface area contributed by atoms with Crippen LogP contribution in [0, 0.1) is 17.1 Å². The Labute approximate surface area is 227 Å². The summed E-state index contributed by atoms with van der Waals surface area (Å²) in [6.07, 6.45) is 2.97. The molecular weight excluding hydrogens is 536 g/mol. The monoisotopic (exact) mass is 557 g/mol. The lowest BCUT2D eigenvalue weighted by molar-refractivity contribution is 0.0995. The Hall–Kier alpha value is -3.38. The molecule has 0 bridgehead atoms. The lowest BCUT2D eigenvalue weighted by Gasteiger charge is -2.13. The zero-order chi connectivity index (χ0) is 26.5. The van der Waals surface area contributed by atoms with Crippen molar-refractivity contribution in [3.8, 4) is 23.3 Å². The minimum atomic E-state index is -0.708. The first kappa shape index (κ1) is 26.7. The molecular formula is C27H22Cl2FN3O3S. The number of benzene rings is 3. The van der Waals surface area contributed by atoms with Crippen LogP contribution < -0.4 is 15.2 Å². The normalized spacial score (nSPS) is 10.9. The van der Waals surface area contributed by atoms with Crippen molar-refractivity contribution in [2.75, 3.05) is 18.6 Å². The molecule has 3 aromatic carbocycles. The molecule has 0 aliphatic heterocycles. The third-order valence-electron chi connectivity index (χ3n) is 5.60. The van der Waals surface area contributed by atoms with Gasteiger partial charge in [-0.2, -0.15) is 17.0 Å². The van der Waals surface area contributed by atoms with Gasteiger partial charge >= 0.3 is 0 Å². The molecule has 0 atom stereocenters. The van der Waals surface area contributed by atoms with Crippen LogP contribution in [0.25, 0.3) is 10.9 Å². The third-order valence-corrected chi connectivity index (χ3v) is 6.81. The summed E-state index contributed by atoms with van der Waals surface area (Å²) in [7, 11) is 0. The number of nitrogens with zero attached hydrogens (tertiary/aromatic N) is 1. The highest BCUT2D eigenvalue weighted by atomic mass is 35.5. The largest absolute Gasteiger partial charge is 0.494 e. The number of primary amides is 1. The second-order valence-corrected chi connectivity index (χ2v) is 9.99. The summed E-state index contributed by atoms with van der Waals surface area (Å²) in [6.45, 7) is 0.554. The summed E-state index contributed by atoms with van der Waals surface area (Å²) >= 11 is 14.0. The van der Waals surface area contributed by atoms with Crippen LogP contribution >= 0.6 is 35.0 Å². The van der Waals surface area contributed by atoms with Gasteiger partial charge in [0.2, 0.25) is 0 Å². The first-order valence-corrected chi connectivity index (χ1v) is 13.4. The minimum absolute atomic E-state index is 0.0343. The highest BCUT2D eigenvalue weighted by Gasteiger charge is 2.21. The number of amides is 1. The van der Waals surface area contributed by atoms with Gasteiger partial charge in [-0.15, -0.1) is 0 Å². The van der Waals surface area contributed by atoms with Gasteiger partial charge in [-0.25, -0.2) is 4.39 Å². The van der Waals surface area contributed by atoms with E-state index >= 15 is 4.39 Å². The Morgan fingerprint density at radius 3 is 2.70 bits per heavy atom. The van der Waals surface area contributed by atoms with Crippen LogP contribution in [0.2, 0.25) is 10.0 Å². The molecule has 1 amide bonds. The molecule has 4 rings (SSSR count). The lowest BCUT2D eigenvalue weighted by Crippen LogP contribution is -2.14. The van der Waals surface area contributed by atoms with Gasteiger partial charge in [-0.1, -0.05) is 29.3 Å². The Bertz CT molecular complexity index is 1520. The second kappa shape index (κ2) is 11.8. The molecule has 0 saturated heterocycles. The molecule has 0 unspecified atom stereocenters. The average molecular weight is 558 g/mol. The Kier molecular flexibility index (Phi) is 8.49. The number of nitriles is 1. The van der Waals surface area contributed by atoms with Crippen LogP contribution in [0.15, 0.2) is 48.5 Å². The van der Waals surface area contributed by atoms with Gasteiger partial charge in [0.05, 0.1) is 23.3 Å². The maximum Gasteiger partial charge on any atom is 0.265 e. The van der Waals surface area contributed by atoms with E-state index in [0.29, 0.717) is 28.8 Å². The quantitative estimate of drug-likeness (QED) is 0.202. The fourth-order valence-electron chi connectivity index (χ4n) is 3.90. The number of hydrogen-bond donors (Lipinski definition) is 2. The van der Waals surface area contributed by atoms with Crippen molar-refractivity contribution in [2.24, 2.45) is 5.73 Å². The van der Waals surface area contributed by atoms with Gasteiger partial charge < -0.3 is 20.2 Å². The van der Waals surface area contributed by atoms with Gasteiger partial charge in [0, 0.05) is 22.3 Å². The zero-order valence-corrected chi connectivity index (χ0v) is 22.1. The fourth-order valence-corrected chi connectivity index (χ4v) is 4.72. The Balaban J connectivity index is 1.70. The van der Waals surface area contributed by atoms with E-state index in [9.17, 15) is 10.1 Å². The van der Waals surface area contributed by atoms with Crippen LogP contribution in [0.1, 0.15) is 33.6 Å². The number of aromatic amines is 1. The van der Waals surface area contributed by atoms with E-state index in [1.807, 2.05) is 24.5 Å². The van der Waals surface area contributed by atoms with Gasteiger partial charge in [-0.05, 0) is 72.0 Å². The number of rotatable bonds is 10. The zero-order valence-electron chi connectivity index (χ0n) is 19.7. The van der Waals surface area contributed by atoms with E-state index < -0.39 is 11.7 Å². The average Bonchev–Trinajstić information content (AvgIpc) is 3.23. The number of hydrogen-bond acceptors (Lipinski definition) is 5. The standard InChI is InChI=1S/C27H22Cl2FN3O3S/c1-37-8-2-7-35-18-4-6-23-20(13-18)21(25(33-23)27(32)34)11-16-3-5-22(29)26(24(16)30)36-19-10-15(14-31)9-17(28)12-19/h3-6,9-10,12-13,33H,2,7-8,11H2,1H3,(H2,32,34). The van der Waals surface area contributed by atoms with Crippen LogP contribution in [-0.2, 0) is 6.42 Å². The minimum Gasteiger partial charge on any atom is -0.494 e. The highest BCUT2D eigenvalue weighted by Crippen LogP contribution is 2.37. The van der Waals surface area contributed by atoms with Gasteiger partial charge in [0.15, 0.2) is 11.6 Å². The molecule has 1 heterocycles. The van der Waals surface area contributed by atoms with Crippen molar-refractivity contribution in [3.63, 3.8) is 0 Å².